The van der Waals surface area contributed by atoms with E-state index in [0.29, 0.717) is 13.2 Å². The fourth-order valence-electron chi connectivity index (χ4n) is 0.907. The second kappa shape index (κ2) is 6.66. The molecule has 0 unspecified atom stereocenters. The Balaban J connectivity index is 3.63. The van der Waals surface area contributed by atoms with Gasteiger partial charge < -0.3 is 9.64 Å². The average Bonchev–Trinajstić information content (AvgIpc) is 2.03. The normalized spacial score (nSPS) is 9.77. The Hall–Kier alpha value is -0.830. The van der Waals surface area contributed by atoms with Crippen LogP contribution in [0.25, 0.3) is 0 Å². The van der Waals surface area contributed by atoms with Gasteiger partial charge in [0.15, 0.2) is 0 Å². The number of rotatable bonds is 6. The molecule has 0 saturated carbocycles. The second-order valence-corrected chi connectivity index (χ2v) is 3.26. The first-order valence-electron chi connectivity index (χ1n) is 4.54. The quantitative estimate of drug-likeness (QED) is 0.463. The van der Waals surface area contributed by atoms with E-state index in [2.05, 4.69) is 6.58 Å². The van der Waals surface area contributed by atoms with Crippen LogP contribution in [0.4, 0.5) is 0 Å². The smallest absolute Gasteiger partial charge is 0.248 e. The summed E-state index contributed by atoms with van der Waals surface area (Å²) in [6, 6.07) is 0. The van der Waals surface area contributed by atoms with E-state index in [1.165, 1.54) is 0 Å². The molecule has 13 heavy (non-hydrogen) atoms. The van der Waals surface area contributed by atoms with Crippen LogP contribution in [0.5, 0.6) is 0 Å². The molecule has 0 saturated heterocycles. The van der Waals surface area contributed by atoms with Crippen LogP contribution in [0.3, 0.4) is 0 Å². The molecule has 1 amide bonds. The minimum absolute atomic E-state index is 0.0106. The molecule has 0 N–H and O–H groups in total. The van der Waals surface area contributed by atoms with Crippen molar-refractivity contribution in [2.45, 2.75) is 20.3 Å². The summed E-state index contributed by atoms with van der Waals surface area (Å²) < 4.78 is 5.13. The Morgan fingerprint density at radius 1 is 1.54 bits per heavy atom. The van der Waals surface area contributed by atoms with Crippen molar-refractivity contribution < 1.29 is 9.53 Å². The van der Waals surface area contributed by atoms with E-state index in [0.717, 1.165) is 12.0 Å². The summed E-state index contributed by atoms with van der Waals surface area (Å²) in [5.41, 5.74) is 0.978. The number of nitrogens with zero attached hydrogens (tertiary/aromatic N) is 1. The first-order chi connectivity index (χ1) is 6.07. The van der Waals surface area contributed by atoms with Crippen molar-refractivity contribution in [1.29, 1.82) is 0 Å². The van der Waals surface area contributed by atoms with Crippen LogP contribution in [0.2, 0.25) is 0 Å². The Kier molecular flexibility index (Phi) is 6.24. The lowest BCUT2D eigenvalue weighted by molar-refractivity contribution is -0.134. The fraction of sp³-hybridized carbons (Fsp3) is 0.700. The van der Waals surface area contributed by atoms with Gasteiger partial charge in [0.1, 0.15) is 6.61 Å². The SMILES string of the molecule is C=C(C)CN(C)C(=O)COCCC. The zero-order valence-corrected chi connectivity index (χ0v) is 8.80. The van der Waals surface area contributed by atoms with Gasteiger partial charge in [-0.25, -0.2) is 0 Å². The largest absolute Gasteiger partial charge is 0.372 e. The van der Waals surface area contributed by atoms with E-state index < -0.39 is 0 Å². The topological polar surface area (TPSA) is 29.5 Å². The predicted molar refractivity (Wildman–Crippen MR) is 53.6 cm³/mol. The maximum Gasteiger partial charge on any atom is 0.248 e. The fourth-order valence-corrected chi connectivity index (χ4v) is 0.907. The van der Waals surface area contributed by atoms with Crippen molar-refractivity contribution in [2.24, 2.45) is 0 Å². The molecule has 3 heteroatoms. The first kappa shape index (κ1) is 12.2. The molecule has 0 aliphatic heterocycles. The molecule has 0 bridgehead atoms. The molecule has 0 atom stereocenters. The number of amides is 1. The maximum atomic E-state index is 11.3. The van der Waals surface area contributed by atoms with Crippen LogP contribution in [0.1, 0.15) is 20.3 Å². The monoisotopic (exact) mass is 185 g/mol. The molecule has 76 valence electrons. The summed E-state index contributed by atoms with van der Waals surface area (Å²) in [6.45, 7) is 9.08. The molecule has 0 radical (unpaired) electrons. The van der Waals surface area contributed by atoms with Gasteiger partial charge in [-0.05, 0) is 13.3 Å². The van der Waals surface area contributed by atoms with Gasteiger partial charge in [0, 0.05) is 20.2 Å². The highest BCUT2D eigenvalue weighted by atomic mass is 16.5. The highest BCUT2D eigenvalue weighted by Crippen LogP contribution is 1.93. The van der Waals surface area contributed by atoms with Crippen molar-refractivity contribution in [1.82, 2.24) is 4.90 Å². The Morgan fingerprint density at radius 3 is 2.62 bits per heavy atom. The minimum atomic E-state index is 0.0106. The Bertz CT molecular complexity index is 178. The zero-order chi connectivity index (χ0) is 10.3. The number of ether oxygens (including phenoxy) is 1. The summed E-state index contributed by atoms with van der Waals surface area (Å²) in [5.74, 6) is 0.0106. The van der Waals surface area contributed by atoms with Crippen LogP contribution in [-0.4, -0.2) is 37.6 Å². The van der Waals surface area contributed by atoms with E-state index in [9.17, 15) is 4.79 Å². The lowest BCUT2D eigenvalue weighted by Crippen LogP contribution is -2.31. The third kappa shape index (κ3) is 6.34. The number of carbonyl (C=O) groups is 1. The second-order valence-electron chi connectivity index (χ2n) is 3.26. The summed E-state index contributed by atoms with van der Waals surface area (Å²) in [5, 5.41) is 0. The van der Waals surface area contributed by atoms with Crippen LogP contribution < -0.4 is 0 Å². The van der Waals surface area contributed by atoms with Gasteiger partial charge in [0.25, 0.3) is 0 Å². The first-order valence-corrected chi connectivity index (χ1v) is 4.54. The molecule has 0 fully saturated rings. The molecule has 0 aliphatic rings. The van der Waals surface area contributed by atoms with Gasteiger partial charge in [0.2, 0.25) is 5.91 Å². The molecule has 0 aliphatic carbocycles. The molecule has 0 spiro atoms. The molecule has 3 nitrogen and oxygen atoms in total. The molecule has 0 rings (SSSR count). The molecule has 0 aromatic carbocycles. The Morgan fingerprint density at radius 2 is 2.15 bits per heavy atom. The highest BCUT2D eigenvalue weighted by Gasteiger charge is 2.07. The summed E-state index contributed by atoms with van der Waals surface area (Å²) in [7, 11) is 1.76. The third-order valence-electron chi connectivity index (χ3n) is 1.51. The minimum Gasteiger partial charge on any atom is -0.372 e. The van der Waals surface area contributed by atoms with Gasteiger partial charge in [-0.2, -0.15) is 0 Å². The summed E-state index contributed by atoms with van der Waals surface area (Å²) in [6.07, 6.45) is 0.942. The van der Waals surface area contributed by atoms with Crippen molar-refractivity contribution >= 4 is 5.91 Å². The van der Waals surface area contributed by atoms with Gasteiger partial charge in [-0.15, -0.1) is 0 Å². The average molecular weight is 185 g/mol. The maximum absolute atomic E-state index is 11.3. The van der Waals surface area contributed by atoms with Gasteiger partial charge in [-0.1, -0.05) is 19.1 Å². The van der Waals surface area contributed by atoms with Crippen molar-refractivity contribution in [3.63, 3.8) is 0 Å². The van der Waals surface area contributed by atoms with Crippen molar-refractivity contribution in [2.75, 3.05) is 26.8 Å². The number of likely N-dealkylation sites (N-methyl/N-ethyl adjacent to an activating group) is 1. The van der Waals surface area contributed by atoms with Gasteiger partial charge in [0.05, 0.1) is 0 Å². The van der Waals surface area contributed by atoms with Gasteiger partial charge >= 0.3 is 0 Å². The summed E-state index contributed by atoms with van der Waals surface area (Å²) >= 11 is 0. The molecule has 0 aromatic rings. The van der Waals surface area contributed by atoms with E-state index in [4.69, 9.17) is 4.74 Å². The van der Waals surface area contributed by atoms with Crippen LogP contribution in [0, 0.1) is 0 Å². The van der Waals surface area contributed by atoms with E-state index in [1.54, 1.807) is 11.9 Å². The predicted octanol–water partition coefficient (Wildman–Crippen LogP) is 1.45. The highest BCUT2D eigenvalue weighted by molar-refractivity contribution is 5.77. The third-order valence-corrected chi connectivity index (χ3v) is 1.51. The zero-order valence-electron chi connectivity index (χ0n) is 8.80. The number of hydrogen-bond acceptors (Lipinski definition) is 2. The molecule has 0 heterocycles. The molecular formula is C10H19NO2. The van der Waals surface area contributed by atoms with E-state index >= 15 is 0 Å². The standard InChI is InChI=1S/C10H19NO2/c1-5-6-13-8-10(12)11(4)7-9(2)3/h2,5-8H2,1,3-4H3. The number of hydrogen-bond donors (Lipinski definition) is 0. The van der Waals surface area contributed by atoms with Crippen molar-refractivity contribution in [3.8, 4) is 0 Å². The van der Waals surface area contributed by atoms with Crippen LogP contribution in [-0.2, 0) is 9.53 Å². The van der Waals surface area contributed by atoms with Crippen LogP contribution >= 0.6 is 0 Å². The van der Waals surface area contributed by atoms with E-state index in [-0.39, 0.29) is 12.5 Å². The van der Waals surface area contributed by atoms with E-state index in [1.807, 2.05) is 13.8 Å². The number of carbonyl (C=O) groups excluding carboxylic acids is 1. The lowest BCUT2D eigenvalue weighted by Gasteiger charge is -2.16. The lowest BCUT2D eigenvalue weighted by atomic mass is 10.3. The molecular weight excluding hydrogens is 166 g/mol. The molecule has 0 aromatic heterocycles. The van der Waals surface area contributed by atoms with Crippen molar-refractivity contribution in [3.05, 3.63) is 12.2 Å². The van der Waals surface area contributed by atoms with Crippen LogP contribution in [0.15, 0.2) is 12.2 Å². The van der Waals surface area contributed by atoms with Gasteiger partial charge in [-0.3, -0.25) is 4.79 Å². The summed E-state index contributed by atoms with van der Waals surface area (Å²) in [4.78, 5) is 12.9. The Labute approximate surface area is 80.4 Å².